The van der Waals surface area contributed by atoms with Crippen molar-refractivity contribution in [3.05, 3.63) is 30.2 Å². The van der Waals surface area contributed by atoms with Crippen LogP contribution in [0.3, 0.4) is 0 Å². The molecule has 2 rings (SSSR count). The molecule has 6 nitrogen and oxygen atoms in total. The summed E-state index contributed by atoms with van der Waals surface area (Å²) in [6.07, 6.45) is 6.25. The SMILES string of the molecule is O=C(COC(=O)/C=C/c1ccco1)NC[C@@H]1CCCO1. The Morgan fingerprint density at radius 2 is 2.40 bits per heavy atom. The molecule has 1 aromatic heterocycles. The van der Waals surface area contributed by atoms with Gasteiger partial charge in [0.05, 0.1) is 12.4 Å². The standard InChI is InChI=1S/C14H17NO5/c16-13(15-9-12-4-2-8-19-12)10-20-14(17)6-5-11-3-1-7-18-11/h1,3,5-7,12H,2,4,8-10H2,(H,15,16)/b6-5+/t12-/m0/s1. The van der Waals surface area contributed by atoms with E-state index < -0.39 is 5.97 Å². The molecule has 0 saturated carbocycles. The van der Waals surface area contributed by atoms with E-state index in [-0.39, 0.29) is 18.6 Å². The van der Waals surface area contributed by atoms with Crippen LogP contribution < -0.4 is 5.32 Å². The Labute approximate surface area is 116 Å². The van der Waals surface area contributed by atoms with Crippen molar-refractivity contribution in [3.63, 3.8) is 0 Å². The first-order chi connectivity index (χ1) is 9.74. The summed E-state index contributed by atoms with van der Waals surface area (Å²) >= 11 is 0. The Morgan fingerprint density at radius 3 is 3.10 bits per heavy atom. The summed E-state index contributed by atoms with van der Waals surface area (Å²) in [7, 11) is 0. The van der Waals surface area contributed by atoms with Crippen molar-refractivity contribution < 1.29 is 23.5 Å². The number of hydrogen-bond acceptors (Lipinski definition) is 5. The molecule has 108 valence electrons. The predicted molar refractivity (Wildman–Crippen MR) is 70.7 cm³/mol. The predicted octanol–water partition coefficient (Wildman–Crippen LogP) is 1.13. The Morgan fingerprint density at radius 1 is 1.50 bits per heavy atom. The lowest BCUT2D eigenvalue weighted by Gasteiger charge is -2.10. The largest absolute Gasteiger partial charge is 0.465 e. The Balaban J connectivity index is 1.61. The maximum absolute atomic E-state index is 11.5. The molecular weight excluding hydrogens is 262 g/mol. The average Bonchev–Trinajstić information content (AvgIpc) is 3.13. The van der Waals surface area contributed by atoms with Crippen molar-refractivity contribution in [2.45, 2.75) is 18.9 Å². The third-order valence-electron chi connectivity index (χ3n) is 2.82. The lowest BCUT2D eigenvalue weighted by Crippen LogP contribution is -2.34. The summed E-state index contributed by atoms with van der Waals surface area (Å²) < 4.78 is 15.2. The smallest absolute Gasteiger partial charge is 0.331 e. The van der Waals surface area contributed by atoms with Crippen LogP contribution in [0.1, 0.15) is 18.6 Å². The monoisotopic (exact) mass is 279 g/mol. The molecule has 0 aliphatic carbocycles. The minimum Gasteiger partial charge on any atom is -0.465 e. The molecule has 1 atom stereocenters. The number of amides is 1. The minimum absolute atomic E-state index is 0.0773. The molecular formula is C14H17NO5. The molecule has 1 saturated heterocycles. The lowest BCUT2D eigenvalue weighted by atomic mass is 10.2. The first kappa shape index (κ1) is 14.3. The quantitative estimate of drug-likeness (QED) is 0.624. The van der Waals surface area contributed by atoms with Crippen molar-refractivity contribution in [1.29, 1.82) is 0 Å². The minimum atomic E-state index is -0.589. The zero-order valence-corrected chi connectivity index (χ0v) is 11.0. The number of hydrogen-bond donors (Lipinski definition) is 1. The second-order valence-electron chi connectivity index (χ2n) is 4.40. The Bertz CT molecular complexity index is 460. The number of nitrogens with one attached hydrogen (secondary N) is 1. The maximum Gasteiger partial charge on any atom is 0.331 e. The van der Waals surface area contributed by atoms with Gasteiger partial charge in [-0.15, -0.1) is 0 Å². The molecule has 1 aliphatic heterocycles. The number of furan rings is 1. The van der Waals surface area contributed by atoms with Crippen molar-refractivity contribution >= 4 is 18.0 Å². The fourth-order valence-corrected chi connectivity index (χ4v) is 1.81. The van der Waals surface area contributed by atoms with E-state index in [1.807, 2.05) is 0 Å². The highest BCUT2D eigenvalue weighted by Crippen LogP contribution is 2.10. The molecule has 0 unspecified atom stereocenters. The third kappa shape index (κ3) is 4.89. The first-order valence-electron chi connectivity index (χ1n) is 6.50. The normalized spacial score (nSPS) is 18.3. The summed E-state index contributed by atoms with van der Waals surface area (Å²) in [5.74, 6) is -0.376. The summed E-state index contributed by atoms with van der Waals surface area (Å²) in [6.45, 7) is 0.903. The van der Waals surface area contributed by atoms with Crippen LogP contribution in [-0.4, -0.2) is 37.7 Å². The van der Waals surface area contributed by atoms with Crippen molar-refractivity contribution in [2.75, 3.05) is 19.8 Å². The first-order valence-corrected chi connectivity index (χ1v) is 6.50. The maximum atomic E-state index is 11.5. The summed E-state index contributed by atoms with van der Waals surface area (Å²) in [4.78, 5) is 22.8. The Kier molecular flexibility index (Phi) is 5.37. The zero-order chi connectivity index (χ0) is 14.2. The van der Waals surface area contributed by atoms with Gasteiger partial charge >= 0.3 is 5.97 Å². The molecule has 0 bridgehead atoms. The number of ether oxygens (including phenoxy) is 2. The van der Waals surface area contributed by atoms with Crippen LogP contribution in [-0.2, 0) is 19.1 Å². The van der Waals surface area contributed by atoms with Gasteiger partial charge in [-0.3, -0.25) is 4.79 Å². The number of rotatable bonds is 6. The van der Waals surface area contributed by atoms with E-state index in [1.165, 1.54) is 18.4 Å². The molecule has 0 aromatic carbocycles. The average molecular weight is 279 g/mol. The molecule has 1 aromatic rings. The number of carbonyl (C=O) groups is 2. The number of carbonyl (C=O) groups excluding carboxylic acids is 2. The van der Waals surface area contributed by atoms with E-state index in [4.69, 9.17) is 13.9 Å². The van der Waals surface area contributed by atoms with Gasteiger partial charge in [-0.25, -0.2) is 4.79 Å². The fraction of sp³-hybridized carbons (Fsp3) is 0.429. The van der Waals surface area contributed by atoms with E-state index in [2.05, 4.69) is 5.32 Å². The van der Waals surface area contributed by atoms with Gasteiger partial charge in [-0.2, -0.15) is 0 Å². The van der Waals surface area contributed by atoms with Gasteiger partial charge in [0.2, 0.25) is 0 Å². The van der Waals surface area contributed by atoms with Crippen LogP contribution in [0.4, 0.5) is 0 Å². The molecule has 0 radical (unpaired) electrons. The highest BCUT2D eigenvalue weighted by atomic mass is 16.5. The van der Waals surface area contributed by atoms with Gasteiger partial charge in [0.1, 0.15) is 5.76 Å². The highest BCUT2D eigenvalue weighted by molar-refractivity contribution is 5.88. The van der Waals surface area contributed by atoms with Crippen LogP contribution in [0.5, 0.6) is 0 Å². The molecule has 1 N–H and O–H groups in total. The number of esters is 1. The molecule has 2 heterocycles. The summed E-state index contributed by atoms with van der Waals surface area (Å²) in [5, 5.41) is 2.67. The van der Waals surface area contributed by atoms with Gasteiger partial charge in [-0.05, 0) is 31.1 Å². The summed E-state index contributed by atoms with van der Waals surface area (Å²) in [6, 6.07) is 3.42. The van der Waals surface area contributed by atoms with E-state index >= 15 is 0 Å². The van der Waals surface area contributed by atoms with E-state index in [0.717, 1.165) is 19.4 Å². The molecule has 1 aliphatic rings. The van der Waals surface area contributed by atoms with Crippen LogP contribution in [0.15, 0.2) is 28.9 Å². The molecule has 6 heteroatoms. The molecule has 1 amide bonds. The van der Waals surface area contributed by atoms with Gasteiger partial charge in [0, 0.05) is 19.2 Å². The van der Waals surface area contributed by atoms with Gasteiger partial charge < -0.3 is 19.2 Å². The molecule has 1 fully saturated rings. The third-order valence-corrected chi connectivity index (χ3v) is 2.82. The Hall–Kier alpha value is -2.08. The van der Waals surface area contributed by atoms with Gasteiger partial charge in [0.15, 0.2) is 6.61 Å². The van der Waals surface area contributed by atoms with Crippen LogP contribution >= 0.6 is 0 Å². The van der Waals surface area contributed by atoms with Crippen molar-refractivity contribution in [1.82, 2.24) is 5.32 Å². The van der Waals surface area contributed by atoms with E-state index in [1.54, 1.807) is 12.1 Å². The topological polar surface area (TPSA) is 77.8 Å². The molecule has 20 heavy (non-hydrogen) atoms. The summed E-state index contributed by atoms with van der Waals surface area (Å²) in [5.41, 5.74) is 0. The van der Waals surface area contributed by atoms with Crippen LogP contribution in [0, 0.1) is 0 Å². The second kappa shape index (κ2) is 7.49. The molecule has 0 spiro atoms. The lowest BCUT2D eigenvalue weighted by molar-refractivity contribution is -0.143. The fourth-order valence-electron chi connectivity index (χ4n) is 1.81. The van der Waals surface area contributed by atoms with Gasteiger partial charge in [-0.1, -0.05) is 0 Å². The second-order valence-corrected chi connectivity index (χ2v) is 4.40. The van der Waals surface area contributed by atoms with Gasteiger partial charge in [0.25, 0.3) is 5.91 Å². The van der Waals surface area contributed by atoms with Crippen LogP contribution in [0.25, 0.3) is 6.08 Å². The van der Waals surface area contributed by atoms with Crippen molar-refractivity contribution in [2.24, 2.45) is 0 Å². The zero-order valence-electron chi connectivity index (χ0n) is 11.0. The van der Waals surface area contributed by atoms with Crippen molar-refractivity contribution in [3.8, 4) is 0 Å². The van der Waals surface area contributed by atoms with E-state index in [0.29, 0.717) is 12.3 Å². The van der Waals surface area contributed by atoms with Crippen LogP contribution in [0.2, 0.25) is 0 Å². The highest BCUT2D eigenvalue weighted by Gasteiger charge is 2.16. The van der Waals surface area contributed by atoms with E-state index in [9.17, 15) is 9.59 Å².